The molecule has 13 nitrogen and oxygen atoms in total. The van der Waals surface area contributed by atoms with Crippen LogP contribution in [0.1, 0.15) is 86.5 Å². The third-order valence-corrected chi connectivity index (χ3v) is 7.35. The molecule has 244 valence electrons. The molecular formula is C31H40FN5O8. The Bertz CT molecular complexity index is 1660. The third-order valence-electron chi connectivity index (χ3n) is 7.35. The molecule has 1 unspecified atom stereocenters. The number of carboxylic acid groups (broad SMARTS) is 1. The number of aromatic carboxylic acids is 1. The van der Waals surface area contributed by atoms with Gasteiger partial charge in [0.05, 0.1) is 25.8 Å². The topological polar surface area (TPSA) is 154 Å². The first-order valence-corrected chi connectivity index (χ1v) is 14.9. The number of likely N-dealkylation sites (N-methyl/N-ethyl adjacent to an activating group) is 1. The van der Waals surface area contributed by atoms with Crippen molar-refractivity contribution in [1.82, 2.24) is 24.6 Å². The highest BCUT2D eigenvalue weighted by atomic mass is 19.1. The molecule has 1 atom stereocenters. The molecule has 45 heavy (non-hydrogen) atoms. The number of alkyl carbamates (subject to hydrolysis) is 1. The van der Waals surface area contributed by atoms with Crippen molar-refractivity contribution in [3.63, 3.8) is 0 Å². The number of hydrogen-bond acceptors (Lipinski definition) is 8. The zero-order valence-corrected chi connectivity index (χ0v) is 26.4. The summed E-state index contributed by atoms with van der Waals surface area (Å²) in [6, 6.07) is 3.51. The third kappa shape index (κ3) is 7.21. The molecule has 0 aliphatic carbocycles. The molecule has 0 saturated heterocycles. The van der Waals surface area contributed by atoms with E-state index in [9.17, 15) is 28.7 Å². The molecule has 3 heterocycles. The number of carboxylic acids is 1. The van der Waals surface area contributed by atoms with Crippen molar-refractivity contribution in [2.24, 2.45) is 0 Å². The second-order valence-corrected chi connectivity index (χ2v) is 11.9. The summed E-state index contributed by atoms with van der Waals surface area (Å²) in [5.74, 6) is -2.14. The van der Waals surface area contributed by atoms with E-state index in [2.05, 4.69) is 10.4 Å². The molecule has 2 amide bonds. The summed E-state index contributed by atoms with van der Waals surface area (Å²) in [4.78, 5) is 53.0. The van der Waals surface area contributed by atoms with Crippen molar-refractivity contribution >= 4 is 28.9 Å². The maximum atomic E-state index is 14.2. The lowest BCUT2D eigenvalue weighted by Gasteiger charge is -2.32. The summed E-state index contributed by atoms with van der Waals surface area (Å²) in [7, 11) is 1.32. The van der Waals surface area contributed by atoms with Gasteiger partial charge in [0.1, 0.15) is 22.6 Å². The average molecular weight is 630 g/mol. The molecule has 0 radical (unpaired) electrons. The zero-order valence-electron chi connectivity index (χ0n) is 26.4. The minimum absolute atomic E-state index is 0.0135. The summed E-state index contributed by atoms with van der Waals surface area (Å²) in [6.07, 6.45) is 1.51. The molecule has 4 rings (SSSR count). The van der Waals surface area contributed by atoms with E-state index in [1.54, 1.807) is 25.7 Å². The van der Waals surface area contributed by atoms with Crippen molar-refractivity contribution in [2.45, 2.75) is 72.1 Å². The lowest BCUT2D eigenvalue weighted by atomic mass is 10.2. The maximum absolute atomic E-state index is 14.2. The van der Waals surface area contributed by atoms with Crippen LogP contribution in [0.2, 0.25) is 0 Å². The van der Waals surface area contributed by atoms with Crippen LogP contribution in [0.4, 0.5) is 9.18 Å². The van der Waals surface area contributed by atoms with Gasteiger partial charge in [0.15, 0.2) is 17.1 Å². The lowest BCUT2D eigenvalue weighted by molar-refractivity contribution is 0.0525. The van der Waals surface area contributed by atoms with Crippen LogP contribution in [0.25, 0.3) is 10.9 Å². The largest absolute Gasteiger partial charge is 0.493 e. The zero-order chi connectivity index (χ0) is 33.1. The van der Waals surface area contributed by atoms with Crippen molar-refractivity contribution in [3.8, 4) is 11.5 Å². The molecular weight excluding hydrogens is 589 g/mol. The van der Waals surface area contributed by atoms with E-state index in [1.165, 1.54) is 29.9 Å². The second-order valence-electron chi connectivity index (χ2n) is 11.9. The van der Waals surface area contributed by atoms with Gasteiger partial charge in [-0.1, -0.05) is 6.07 Å². The molecule has 14 heteroatoms. The number of ether oxygens (including phenoxy) is 3. The van der Waals surface area contributed by atoms with Gasteiger partial charge in [-0.15, -0.1) is 0 Å². The van der Waals surface area contributed by atoms with Gasteiger partial charge in [-0.25, -0.2) is 18.7 Å². The normalized spacial score (nSPS) is 14.8. The summed E-state index contributed by atoms with van der Waals surface area (Å²) in [6.45, 7) is 10.2. The molecule has 0 saturated carbocycles. The van der Waals surface area contributed by atoms with Crippen LogP contribution in [0, 0.1) is 5.82 Å². The van der Waals surface area contributed by atoms with Gasteiger partial charge in [-0.05, 0) is 59.9 Å². The monoisotopic (exact) mass is 629 g/mol. The van der Waals surface area contributed by atoms with Gasteiger partial charge >= 0.3 is 12.1 Å². The minimum Gasteiger partial charge on any atom is -0.493 e. The van der Waals surface area contributed by atoms with Gasteiger partial charge in [0.2, 0.25) is 0 Å². The molecule has 0 fully saturated rings. The van der Waals surface area contributed by atoms with Crippen molar-refractivity contribution in [3.05, 3.63) is 51.3 Å². The van der Waals surface area contributed by atoms with Gasteiger partial charge in [0, 0.05) is 37.3 Å². The highest BCUT2D eigenvalue weighted by Gasteiger charge is 2.38. The van der Waals surface area contributed by atoms with E-state index in [-0.39, 0.29) is 53.2 Å². The van der Waals surface area contributed by atoms with E-state index >= 15 is 0 Å². The van der Waals surface area contributed by atoms with Crippen LogP contribution >= 0.6 is 0 Å². The number of amides is 2. The summed E-state index contributed by atoms with van der Waals surface area (Å²) in [5, 5.41) is 17.0. The Kier molecular flexibility index (Phi) is 10.0. The summed E-state index contributed by atoms with van der Waals surface area (Å²) in [5.41, 5.74) is -1.14. The first kappa shape index (κ1) is 33.3. The predicted molar refractivity (Wildman–Crippen MR) is 163 cm³/mol. The number of unbranched alkanes of at least 4 members (excludes halogenated alkanes) is 2. The smallest absolute Gasteiger partial charge is 0.407 e. The van der Waals surface area contributed by atoms with Crippen LogP contribution in [-0.4, -0.2) is 81.3 Å². The Labute approximate surface area is 259 Å². The number of methoxy groups -OCH3 is 1. The number of fused-ring (bicyclic) bond motifs is 3. The van der Waals surface area contributed by atoms with Crippen molar-refractivity contribution < 1.29 is 38.1 Å². The van der Waals surface area contributed by atoms with Crippen molar-refractivity contribution in [1.29, 1.82) is 0 Å². The molecule has 2 N–H and O–H groups in total. The molecule has 3 aromatic rings. The van der Waals surface area contributed by atoms with Crippen LogP contribution in [-0.2, 0) is 11.3 Å². The number of carbonyl (C=O) groups excluding carboxylic acids is 2. The molecule has 0 bridgehead atoms. The molecule has 0 spiro atoms. The highest BCUT2D eigenvalue weighted by Crippen LogP contribution is 2.38. The minimum atomic E-state index is -1.38. The number of nitrogens with one attached hydrogen (secondary N) is 1. The molecule has 1 aromatic carbocycles. The van der Waals surface area contributed by atoms with Crippen LogP contribution in [0.3, 0.4) is 0 Å². The molecule has 1 aliphatic heterocycles. The van der Waals surface area contributed by atoms with E-state index in [1.807, 2.05) is 13.8 Å². The van der Waals surface area contributed by atoms with E-state index in [0.717, 1.165) is 4.68 Å². The predicted octanol–water partition coefficient (Wildman–Crippen LogP) is 4.20. The van der Waals surface area contributed by atoms with Crippen LogP contribution < -0.4 is 20.3 Å². The first-order valence-electron chi connectivity index (χ1n) is 14.9. The quantitative estimate of drug-likeness (QED) is 0.281. The SMILES string of the molecule is CCN1CC(C)n2c(c(OC)c3c(=O)n(Cc4ccc(F)cc4OCCCCCNC(=O)OC(C)(C)C)nc(C(=O)O)c32)C1=O. The second kappa shape index (κ2) is 13.6. The maximum Gasteiger partial charge on any atom is 0.407 e. The van der Waals surface area contributed by atoms with Gasteiger partial charge < -0.3 is 34.1 Å². The Balaban J connectivity index is 1.57. The summed E-state index contributed by atoms with van der Waals surface area (Å²) >= 11 is 0. The number of benzene rings is 1. The number of nitrogens with zero attached hydrogens (tertiary/aromatic N) is 4. The van der Waals surface area contributed by atoms with E-state index in [4.69, 9.17) is 14.2 Å². The summed E-state index contributed by atoms with van der Waals surface area (Å²) < 4.78 is 33.3. The Morgan fingerprint density at radius 3 is 2.56 bits per heavy atom. The number of carbonyl (C=O) groups is 3. The Hall–Kier alpha value is -4.62. The Morgan fingerprint density at radius 1 is 1.18 bits per heavy atom. The highest BCUT2D eigenvalue weighted by molar-refractivity contribution is 6.09. The fourth-order valence-electron chi connectivity index (χ4n) is 5.38. The van der Waals surface area contributed by atoms with Gasteiger partial charge in [-0.2, -0.15) is 5.10 Å². The van der Waals surface area contributed by atoms with Gasteiger partial charge in [0.25, 0.3) is 11.5 Å². The molecule has 2 aromatic heterocycles. The van der Waals surface area contributed by atoms with E-state index in [0.29, 0.717) is 44.5 Å². The average Bonchev–Trinajstić information content (AvgIpc) is 3.32. The number of rotatable bonds is 12. The standard InChI is InChI=1S/C31H40FN5O8/c1-7-35-16-18(2)37-24-22(26(43-6)25(37)28(35)39)27(38)36(34-23(24)29(40)41)17-19-11-12-20(32)15-21(19)44-14-10-8-9-13-33-30(42)45-31(3,4)5/h11-12,15,18H,7-10,13-14,16-17H2,1-6H3,(H,33,42)(H,40,41). The van der Waals surface area contributed by atoms with Crippen LogP contribution in [0.15, 0.2) is 23.0 Å². The Morgan fingerprint density at radius 2 is 1.91 bits per heavy atom. The van der Waals surface area contributed by atoms with Gasteiger partial charge in [-0.3, -0.25) is 9.59 Å². The lowest BCUT2D eigenvalue weighted by Crippen LogP contribution is -2.42. The van der Waals surface area contributed by atoms with Crippen molar-refractivity contribution in [2.75, 3.05) is 33.4 Å². The number of aromatic nitrogens is 3. The van der Waals surface area contributed by atoms with E-state index < -0.39 is 34.7 Å². The fraction of sp³-hybridized carbons (Fsp3) is 0.516. The number of hydrogen-bond donors (Lipinski definition) is 2. The number of halogens is 1. The molecule has 1 aliphatic rings. The first-order chi connectivity index (χ1) is 21.3. The van der Waals surface area contributed by atoms with Crippen LogP contribution in [0.5, 0.6) is 11.5 Å². The fourth-order valence-corrected chi connectivity index (χ4v) is 5.38.